The highest BCUT2D eigenvalue weighted by molar-refractivity contribution is 6.08. The van der Waals surface area contributed by atoms with Crippen molar-refractivity contribution in [1.82, 2.24) is 9.97 Å². The largest absolute Gasteiger partial charge is 0.382 e. The van der Waals surface area contributed by atoms with Gasteiger partial charge >= 0.3 is 0 Å². The van der Waals surface area contributed by atoms with Crippen molar-refractivity contribution < 1.29 is 0 Å². The first-order valence-corrected chi connectivity index (χ1v) is 7.83. The second kappa shape index (κ2) is 6.21. The topological polar surface area (TPSA) is 51.8 Å². The monoisotopic (exact) mass is 303 g/mol. The first-order valence-electron chi connectivity index (χ1n) is 7.83. The van der Waals surface area contributed by atoms with E-state index in [0.29, 0.717) is 5.82 Å². The molecule has 0 radical (unpaired) electrons. The van der Waals surface area contributed by atoms with Crippen molar-refractivity contribution in [2.24, 2.45) is 0 Å². The van der Waals surface area contributed by atoms with E-state index in [2.05, 4.69) is 53.8 Å². The molecule has 0 unspecified atom stereocenters. The van der Waals surface area contributed by atoms with Gasteiger partial charge in [0.2, 0.25) is 0 Å². The summed E-state index contributed by atoms with van der Waals surface area (Å²) in [5.41, 5.74) is 11.3. The van der Waals surface area contributed by atoms with Crippen LogP contribution in [0.2, 0.25) is 0 Å². The molecule has 3 aromatic rings. The maximum absolute atomic E-state index is 6.09. The quantitative estimate of drug-likeness (QED) is 0.559. The van der Waals surface area contributed by atoms with Crippen LogP contribution in [0.3, 0.4) is 0 Å². The van der Waals surface area contributed by atoms with Gasteiger partial charge in [-0.25, -0.2) is 4.98 Å². The van der Waals surface area contributed by atoms with E-state index in [1.54, 1.807) is 0 Å². The van der Waals surface area contributed by atoms with Crippen molar-refractivity contribution >= 4 is 27.6 Å². The fraction of sp³-hybridized carbons (Fsp3) is 0.200. The van der Waals surface area contributed by atoms with E-state index in [-0.39, 0.29) is 0 Å². The average molecular weight is 303 g/mol. The van der Waals surface area contributed by atoms with Gasteiger partial charge < -0.3 is 5.73 Å². The van der Waals surface area contributed by atoms with Gasteiger partial charge in [0.1, 0.15) is 5.52 Å². The van der Waals surface area contributed by atoms with Crippen LogP contribution >= 0.6 is 0 Å². The predicted molar refractivity (Wildman–Crippen MR) is 98.5 cm³/mol. The van der Waals surface area contributed by atoms with Gasteiger partial charge in [-0.15, -0.1) is 0 Å². The van der Waals surface area contributed by atoms with Gasteiger partial charge in [0.15, 0.2) is 5.82 Å². The Morgan fingerprint density at radius 1 is 1.26 bits per heavy atom. The number of nitrogens with zero attached hydrogens (tertiary/aromatic N) is 2. The molecule has 0 atom stereocenters. The van der Waals surface area contributed by atoms with Gasteiger partial charge in [-0.1, -0.05) is 36.4 Å². The average Bonchev–Trinajstić information content (AvgIpc) is 2.53. The van der Waals surface area contributed by atoms with Crippen LogP contribution in [0.15, 0.2) is 54.8 Å². The first-order chi connectivity index (χ1) is 11.1. The minimum absolute atomic E-state index is 0.489. The Morgan fingerprint density at radius 3 is 2.87 bits per heavy atom. The summed E-state index contributed by atoms with van der Waals surface area (Å²) in [4.78, 5) is 9.03. The van der Waals surface area contributed by atoms with Crippen molar-refractivity contribution in [3.05, 3.63) is 65.9 Å². The van der Waals surface area contributed by atoms with E-state index in [1.165, 1.54) is 11.1 Å². The first kappa shape index (κ1) is 15.2. The zero-order valence-electron chi connectivity index (χ0n) is 13.6. The molecule has 0 spiro atoms. The van der Waals surface area contributed by atoms with Crippen molar-refractivity contribution in [2.45, 2.75) is 26.7 Å². The Labute approximate surface area is 136 Å². The summed E-state index contributed by atoms with van der Waals surface area (Å²) in [6, 6.07) is 8.44. The van der Waals surface area contributed by atoms with Crippen molar-refractivity contribution in [2.75, 3.05) is 5.73 Å². The lowest BCUT2D eigenvalue weighted by atomic mass is 10.0. The summed E-state index contributed by atoms with van der Waals surface area (Å²) in [5.74, 6) is 0.489. The molecule has 2 N–H and O–H groups in total. The SMILES string of the molecule is C=C(/C=C\C)CCc1cnc2c(N)nc3cc(C)ccc3c2c1. The van der Waals surface area contributed by atoms with Crippen LogP contribution in [0.4, 0.5) is 5.82 Å². The molecule has 0 aliphatic carbocycles. The van der Waals surface area contributed by atoms with Crippen molar-refractivity contribution in [3.63, 3.8) is 0 Å². The third kappa shape index (κ3) is 3.09. The number of allylic oxidation sites excluding steroid dienone is 3. The van der Waals surface area contributed by atoms with Gasteiger partial charge in [-0.3, -0.25) is 4.98 Å². The van der Waals surface area contributed by atoms with Crippen LogP contribution < -0.4 is 5.73 Å². The number of nitrogen functional groups attached to an aromatic ring is 1. The lowest BCUT2D eigenvalue weighted by molar-refractivity contribution is 0.963. The normalized spacial score (nSPS) is 11.6. The van der Waals surface area contributed by atoms with E-state index in [0.717, 1.165) is 40.2 Å². The number of anilines is 1. The van der Waals surface area contributed by atoms with Crippen molar-refractivity contribution in [3.8, 4) is 0 Å². The highest BCUT2D eigenvalue weighted by Gasteiger charge is 2.09. The van der Waals surface area contributed by atoms with Crippen LogP contribution in [0.5, 0.6) is 0 Å². The maximum Gasteiger partial charge on any atom is 0.150 e. The summed E-state index contributed by atoms with van der Waals surface area (Å²) in [7, 11) is 0. The number of benzene rings is 1. The van der Waals surface area contributed by atoms with E-state index < -0.39 is 0 Å². The van der Waals surface area contributed by atoms with Crippen molar-refractivity contribution in [1.29, 1.82) is 0 Å². The smallest absolute Gasteiger partial charge is 0.150 e. The molecule has 3 heteroatoms. The zero-order valence-corrected chi connectivity index (χ0v) is 13.6. The molecule has 3 rings (SSSR count). The molecule has 0 saturated heterocycles. The molecule has 1 aromatic carbocycles. The van der Waals surface area contributed by atoms with Crippen LogP contribution in [-0.2, 0) is 6.42 Å². The van der Waals surface area contributed by atoms with E-state index in [9.17, 15) is 0 Å². The predicted octanol–water partition coefficient (Wildman–Crippen LogP) is 4.74. The second-order valence-electron chi connectivity index (χ2n) is 5.92. The summed E-state index contributed by atoms with van der Waals surface area (Å²) in [6.07, 6.45) is 7.80. The van der Waals surface area contributed by atoms with Gasteiger partial charge in [0, 0.05) is 17.0 Å². The summed E-state index contributed by atoms with van der Waals surface area (Å²) in [6.45, 7) is 8.12. The van der Waals surface area contributed by atoms with Gasteiger partial charge in [-0.2, -0.15) is 0 Å². The Balaban J connectivity index is 2.07. The maximum atomic E-state index is 6.09. The minimum atomic E-state index is 0.489. The molecule has 0 aliphatic heterocycles. The fourth-order valence-electron chi connectivity index (χ4n) is 2.82. The van der Waals surface area contributed by atoms with Crippen LogP contribution in [-0.4, -0.2) is 9.97 Å². The number of aryl methyl sites for hydroxylation is 2. The standard InChI is InChI=1S/C20H21N3/c1-4-5-13(2)6-8-15-11-17-16-9-7-14(3)10-18(16)23-20(21)19(17)22-12-15/h4-5,7,9-12H,2,6,8H2,1,3H3,(H2,21,23)/b5-4-. The Kier molecular flexibility index (Phi) is 4.11. The Hall–Kier alpha value is -2.68. The van der Waals surface area contributed by atoms with Gasteiger partial charge in [0.05, 0.1) is 5.52 Å². The molecule has 0 amide bonds. The van der Waals surface area contributed by atoms with Crippen LogP contribution in [0, 0.1) is 6.92 Å². The lowest BCUT2D eigenvalue weighted by Gasteiger charge is -2.09. The molecule has 2 heterocycles. The summed E-state index contributed by atoms with van der Waals surface area (Å²) in [5, 5.41) is 2.17. The number of rotatable bonds is 4. The molecule has 3 nitrogen and oxygen atoms in total. The fourth-order valence-corrected chi connectivity index (χ4v) is 2.82. The Bertz CT molecular complexity index is 923. The molecule has 0 fully saturated rings. The third-order valence-corrected chi connectivity index (χ3v) is 4.01. The van der Waals surface area contributed by atoms with E-state index in [1.807, 2.05) is 19.2 Å². The second-order valence-corrected chi connectivity index (χ2v) is 5.92. The number of hydrogen-bond donors (Lipinski definition) is 1. The molecule has 0 aliphatic rings. The van der Waals surface area contributed by atoms with E-state index in [4.69, 9.17) is 5.73 Å². The highest BCUT2D eigenvalue weighted by atomic mass is 14.9. The molecular formula is C20H21N3. The lowest BCUT2D eigenvalue weighted by Crippen LogP contribution is -1.97. The number of pyridine rings is 2. The molecule has 2 aromatic heterocycles. The Morgan fingerprint density at radius 2 is 2.09 bits per heavy atom. The summed E-state index contributed by atoms with van der Waals surface area (Å²) >= 11 is 0. The zero-order chi connectivity index (χ0) is 16.4. The van der Waals surface area contributed by atoms with Gasteiger partial charge in [-0.05, 0) is 49.9 Å². The third-order valence-electron chi connectivity index (χ3n) is 4.01. The molecule has 0 bridgehead atoms. The summed E-state index contributed by atoms with van der Waals surface area (Å²) < 4.78 is 0. The van der Waals surface area contributed by atoms with Crippen LogP contribution in [0.25, 0.3) is 21.8 Å². The number of nitrogens with two attached hydrogens (primary N) is 1. The molecule has 0 saturated carbocycles. The number of fused-ring (bicyclic) bond motifs is 3. The highest BCUT2D eigenvalue weighted by Crippen LogP contribution is 2.28. The molecule has 116 valence electrons. The molecule has 23 heavy (non-hydrogen) atoms. The number of hydrogen-bond acceptors (Lipinski definition) is 3. The minimum Gasteiger partial charge on any atom is -0.382 e. The van der Waals surface area contributed by atoms with E-state index >= 15 is 0 Å². The molecular weight excluding hydrogens is 282 g/mol. The van der Waals surface area contributed by atoms with Crippen LogP contribution in [0.1, 0.15) is 24.5 Å². The van der Waals surface area contributed by atoms with Gasteiger partial charge in [0.25, 0.3) is 0 Å². The number of aromatic nitrogens is 2.